The van der Waals surface area contributed by atoms with Gasteiger partial charge in [-0.05, 0) is 23.7 Å². The lowest BCUT2D eigenvalue weighted by Crippen LogP contribution is -1.99. The SMILES string of the molecule is COc1nc(Cl)nc(Oc2cccc3cccnc23)n1. The lowest BCUT2D eigenvalue weighted by molar-refractivity contribution is 0.359. The van der Waals surface area contributed by atoms with Gasteiger partial charge in [0, 0.05) is 11.6 Å². The summed E-state index contributed by atoms with van der Waals surface area (Å²) in [6, 6.07) is 9.52. The van der Waals surface area contributed by atoms with Crippen molar-refractivity contribution in [3.63, 3.8) is 0 Å². The third-order valence-electron chi connectivity index (χ3n) is 2.55. The largest absolute Gasteiger partial charge is 0.467 e. The van der Waals surface area contributed by atoms with Gasteiger partial charge < -0.3 is 9.47 Å². The van der Waals surface area contributed by atoms with Gasteiger partial charge in [0.15, 0.2) is 5.75 Å². The molecule has 3 rings (SSSR count). The Morgan fingerprint density at radius 3 is 2.65 bits per heavy atom. The molecule has 6 nitrogen and oxygen atoms in total. The molecule has 0 aliphatic rings. The Bertz CT molecular complexity index is 761. The van der Waals surface area contributed by atoms with Crippen LogP contribution in [0.4, 0.5) is 0 Å². The number of benzene rings is 1. The highest BCUT2D eigenvalue weighted by Crippen LogP contribution is 2.27. The van der Waals surface area contributed by atoms with Crippen molar-refractivity contribution >= 4 is 22.5 Å². The summed E-state index contributed by atoms with van der Waals surface area (Å²) in [4.78, 5) is 15.9. The maximum absolute atomic E-state index is 5.78. The van der Waals surface area contributed by atoms with Crippen molar-refractivity contribution in [2.24, 2.45) is 0 Å². The van der Waals surface area contributed by atoms with Crippen LogP contribution in [-0.2, 0) is 0 Å². The highest BCUT2D eigenvalue weighted by molar-refractivity contribution is 6.28. The lowest BCUT2D eigenvalue weighted by atomic mass is 10.2. The van der Waals surface area contributed by atoms with E-state index in [1.54, 1.807) is 12.3 Å². The molecule has 0 radical (unpaired) electrons. The fourth-order valence-corrected chi connectivity index (χ4v) is 1.85. The molecule has 0 amide bonds. The quantitative estimate of drug-likeness (QED) is 0.738. The molecule has 1 aromatic carbocycles. The Morgan fingerprint density at radius 2 is 1.80 bits per heavy atom. The van der Waals surface area contributed by atoms with Crippen molar-refractivity contribution in [2.75, 3.05) is 7.11 Å². The van der Waals surface area contributed by atoms with Crippen molar-refractivity contribution in [3.8, 4) is 17.8 Å². The number of halogens is 1. The minimum Gasteiger partial charge on any atom is -0.467 e. The number of pyridine rings is 1. The highest BCUT2D eigenvalue weighted by Gasteiger charge is 2.10. The van der Waals surface area contributed by atoms with E-state index in [9.17, 15) is 0 Å². The fraction of sp³-hybridized carbons (Fsp3) is 0.0769. The lowest BCUT2D eigenvalue weighted by Gasteiger charge is -2.07. The van der Waals surface area contributed by atoms with Gasteiger partial charge in [-0.1, -0.05) is 18.2 Å². The van der Waals surface area contributed by atoms with E-state index in [0.717, 1.165) is 5.39 Å². The van der Waals surface area contributed by atoms with E-state index in [2.05, 4.69) is 19.9 Å². The van der Waals surface area contributed by atoms with Crippen LogP contribution in [0.1, 0.15) is 0 Å². The predicted molar refractivity (Wildman–Crippen MR) is 73.2 cm³/mol. The molecule has 3 aromatic rings. The summed E-state index contributed by atoms with van der Waals surface area (Å²) < 4.78 is 10.5. The number of nitrogens with zero attached hydrogens (tertiary/aromatic N) is 4. The number of aromatic nitrogens is 4. The molecule has 7 heteroatoms. The Balaban J connectivity index is 2.03. The highest BCUT2D eigenvalue weighted by atomic mass is 35.5. The van der Waals surface area contributed by atoms with Crippen LogP contribution in [0, 0.1) is 0 Å². The minimum atomic E-state index is 0.0000425. The molecule has 0 aliphatic heterocycles. The Labute approximate surface area is 119 Å². The molecule has 0 saturated carbocycles. The zero-order chi connectivity index (χ0) is 13.9. The standard InChI is InChI=1S/C13H9ClN4O2/c1-19-12-16-11(14)17-13(18-12)20-9-6-2-4-8-5-3-7-15-10(8)9/h2-7H,1H3. The second-order valence-corrected chi connectivity index (χ2v) is 4.15. The summed E-state index contributed by atoms with van der Waals surface area (Å²) in [5, 5.41) is 0.956. The Kier molecular flexibility index (Phi) is 3.30. The van der Waals surface area contributed by atoms with E-state index in [-0.39, 0.29) is 17.3 Å². The first kappa shape index (κ1) is 12.6. The monoisotopic (exact) mass is 288 g/mol. The molecule has 0 bridgehead atoms. The van der Waals surface area contributed by atoms with E-state index < -0.39 is 0 Å². The number of ether oxygens (including phenoxy) is 2. The molecule has 0 unspecified atom stereocenters. The number of para-hydroxylation sites is 1. The average molecular weight is 289 g/mol. The van der Waals surface area contributed by atoms with Crippen LogP contribution >= 0.6 is 11.6 Å². The van der Waals surface area contributed by atoms with Crippen LogP contribution in [0.15, 0.2) is 36.5 Å². The van der Waals surface area contributed by atoms with Gasteiger partial charge in [-0.2, -0.15) is 9.97 Å². The second-order valence-electron chi connectivity index (χ2n) is 3.81. The van der Waals surface area contributed by atoms with E-state index in [1.807, 2.05) is 24.3 Å². The molecule has 0 atom stereocenters. The molecule has 0 N–H and O–H groups in total. The molecule has 100 valence electrons. The maximum Gasteiger partial charge on any atom is 0.329 e. The Morgan fingerprint density at radius 1 is 1.00 bits per heavy atom. The first-order chi connectivity index (χ1) is 9.76. The summed E-state index contributed by atoms with van der Waals surface area (Å²) in [5.74, 6) is 0.535. The number of hydrogen-bond donors (Lipinski definition) is 0. The molecule has 0 spiro atoms. The Hall–Kier alpha value is -2.47. The topological polar surface area (TPSA) is 70.0 Å². The fourth-order valence-electron chi connectivity index (χ4n) is 1.71. The number of methoxy groups -OCH3 is 1. The first-order valence-electron chi connectivity index (χ1n) is 5.73. The third kappa shape index (κ3) is 2.46. The zero-order valence-electron chi connectivity index (χ0n) is 10.4. The number of rotatable bonds is 3. The number of hydrogen-bond acceptors (Lipinski definition) is 6. The summed E-state index contributed by atoms with van der Waals surface area (Å²) in [5.41, 5.74) is 0.713. The molecule has 2 heterocycles. The van der Waals surface area contributed by atoms with E-state index in [4.69, 9.17) is 21.1 Å². The average Bonchev–Trinajstić information content (AvgIpc) is 2.47. The molecule has 0 aliphatic carbocycles. The van der Waals surface area contributed by atoms with Gasteiger partial charge >= 0.3 is 12.0 Å². The smallest absolute Gasteiger partial charge is 0.329 e. The summed E-state index contributed by atoms with van der Waals surface area (Å²) >= 11 is 5.78. The van der Waals surface area contributed by atoms with E-state index in [0.29, 0.717) is 11.3 Å². The van der Waals surface area contributed by atoms with Crippen molar-refractivity contribution in [3.05, 3.63) is 41.8 Å². The van der Waals surface area contributed by atoms with Crippen LogP contribution in [0.3, 0.4) is 0 Å². The van der Waals surface area contributed by atoms with Crippen LogP contribution in [0.5, 0.6) is 17.8 Å². The van der Waals surface area contributed by atoms with Gasteiger partial charge in [-0.3, -0.25) is 4.98 Å². The second kappa shape index (κ2) is 5.26. The van der Waals surface area contributed by atoms with E-state index in [1.165, 1.54) is 7.11 Å². The molecule has 2 aromatic heterocycles. The molecule has 0 saturated heterocycles. The molecular formula is C13H9ClN4O2. The molecule has 0 fully saturated rings. The number of fused-ring (bicyclic) bond motifs is 1. The summed E-state index contributed by atoms with van der Waals surface area (Å²) in [7, 11) is 1.44. The molecular weight excluding hydrogens is 280 g/mol. The van der Waals surface area contributed by atoms with Gasteiger partial charge in [0.1, 0.15) is 5.52 Å². The normalized spacial score (nSPS) is 10.5. The van der Waals surface area contributed by atoms with Crippen molar-refractivity contribution in [1.29, 1.82) is 0 Å². The van der Waals surface area contributed by atoms with Gasteiger partial charge in [0.2, 0.25) is 5.28 Å². The van der Waals surface area contributed by atoms with Gasteiger partial charge in [-0.25, -0.2) is 0 Å². The van der Waals surface area contributed by atoms with Crippen LogP contribution in [-0.4, -0.2) is 27.0 Å². The maximum atomic E-state index is 5.78. The van der Waals surface area contributed by atoms with Crippen LogP contribution in [0.2, 0.25) is 5.28 Å². The first-order valence-corrected chi connectivity index (χ1v) is 6.11. The van der Waals surface area contributed by atoms with Crippen LogP contribution in [0.25, 0.3) is 10.9 Å². The zero-order valence-corrected chi connectivity index (χ0v) is 11.2. The summed E-state index contributed by atoms with van der Waals surface area (Å²) in [6.07, 6.45) is 1.69. The van der Waals surface area contributed by atoms with Crippen molar-refractivity contribution in [1.82, 2.24) is 19.9 Å². The minimum absolute atomic E-state index is 0.0000425. The van der Waals surface area contributed by atoms with Crippen molar-refractivity contribution in [2.45, 2.75) is 0 Å². The van der Waals surface area contributed by atoms with Gasteiger partial charge in [0.05, 0.1) is 7.11 Å². The van der Waals surface area contributed by atoms with E-state index >= 15 is 0 Å². The predicted octanol–water partition coefficient (Wildman–Crippen LogP) is 2.87. The van der Waals surface area contributed by atoms with Crippen LogP contribution < -0.4 is 9.47 Å². The summed E-state index contributed by atoms with van der Waals surface area (Å²) in [6.45, 7) is 0. The van der Waals surface area contributed by atoms with Crippen molar-refractivity contribution < 1.29 is 9.47 Å². The molecule has 20 heavy (non-hydrogen) atoms. The third-order valence-corrected chi connectivity index (χ3v) is 2.72. The van der Waals surface area contributed by atoms with Gasteiger partial charge in [0.25, 0.3) is 0 Å². The van der Waals surface area contributed by atoms with Gasteiger partial charge in [-0.15, -0.1) is 4.98 Å².